The fourth-order valence-electron chi connectivity index (χ4n) is 2.15. The van der Waals surface area contributed by atoms with Crippen molar-refractivity contribution in [2.24, 2.45) is 0 Å². The Kier molecular flexibility index (Phi) is 1.90. The van der Waals surface area contributed by atoms with Gasteiger partial charge in [0.15, 0.2) is 5.78 Å². The van der Waals surface area contributed by atoms with Crippen LogP contribution in [0.15, 0.2) is 30.3 Å². The van der Waals surface area contributed by atoms with Crippen LogP contribution >= 0.6 is 0 Å². The minimum Gasteiger partial charge on any atom is -0.294 e. The molecule has 0 atom stereocenters. The summed E-state index contributed by atoms with van der Waals surface area (Å²) in [5, 5.41) is 1.06. The van der Waals surface area contributed by atoms with Gasteiger partial charge in [0.1, 0.15) is 0 Å². The summed E-state index contributed by atoms with van der Waals surface area (Å²) < 4.78 is 0. The SMILES string of the molecule is Cc1ccc2c3c(ccc2n1)C(=O)CC=C3. The molecule has 0 N–H and O–H groups in total. The van der Waals surface area contributed by atoms with Gasteiger partial charge in [0.2, 0.25) is 0 Å². The zero-order chi connectivity index (χ0) is 11.1. The van der Waals surface area contributed by atoms with Gasteiger partial charge >= 0.3 is 0 Å². The summed E-state index contributed by atoms with van der Waals surface area (Å²) in [5.41, 5.74) is 3.79. The molecule has 0 saturated heterocycles. The van der Waals surface area contributed by atoms with Crippen LogP contribution in [0.1, 0.15) is 28.0 Å². The highest BCUT2D eigenvalue weighted by molar-refractivity contribution is 6.08. The van der Waals surface area contributed by atoms with Gasteiger partial charge in [0.25, 0.3) is 0 Å². The number of benzene rings is 1. The van der Waals surface area contributed by atoms with Crippen LogP contribution < -0.4 is 0 Å². The molecule has 1 aromatic carbocycles. The Labute approximate surface area is 93.6 Å². The molecule has 2 nitrogen and oxygen atoms in total. The Morgan fingerprint density at radius 2 is 2.06 bits per heavy atom. The molecule has 1 aliphatic carbocycles. The first-order chi connectivity index (χ1) is 7.75. The van der Waals surface area contributed by atoms with Crippen molar-refractivity contribution >= 4 is 22.8 Å². The van der Waals surface area contributed by atoms with E-state index in [9.17, 15) is 4.79 Å². The fraction of sp³-hybridized carbons (Fsp3) is 0.143. The van der Waals surface area contributed by atoms with E-state index in [4.69, 9.17) is 0 Å². The van der Waals surface area contributed by atoms with Gasteiger partial charge in [-0.25, -0.2) is 0 Å². The molecule has 16 heavy (non-hydrogen) atoms. The van der Waals surface area contributed by atoms with E-state index in [1.807, 2.05) is 43.3 Å². The quantitative estimate of drug-likeness (QED) is 0.667. The lowest BCUT2D eigenvalue weighted by Gasteiger charge is -2.12. The monoisotopic (exact) mass is 209 g/mol. The van der Waals surface area contributed by atoms with Crippen LogP contribution in [-0.4, -0.2) is 10.8 Å². The first-order valence-corrected chi connectivity index (χ1v) is 5.36. The third-order valence-corrected chi connectivity index (χ3v) is 2.94. The van der Waals surface area contributed by atoms with Crippen molar-refractivity contribution in [3.05, 3.63) is 47.2 Å². The largest absolute Gasteiger partial charge is 0.294 e. The van der Waals surface area contributed by atoms with Gasteiger partial charge in [-0.05, 0) is 30.7 Å². The number of aryl methyl sites for hydroxylation is 1. The number of ketones is 1. The number of Topliss-reactive ketones (excluding diaryl/α,β-unsaturated/α-hetero) is 1. The minimum absolute atomic E-state index is 0.194. The molecule has 0 saturated carbocycles. The Bertz CT molecular complexity index is 626. The first-order valence-electron chi connectivity index (χ1n) is 5.36. The molecule has 0 fully saturated rings. The second-order valence-corrected chi connectivity index (χ2v) is 4.08. The molecule has 0 aliphatic heterocycles. The van der Waals surface area contributed by atoms with Gasteiger partial charge in [-0.15, -0.1) is 0 Å². The van der Waals surface area contributed by atoms with Crippen LogP contribution in [0.4, 0.5) is 0 Å². The second kappa shape index (κ2) is 3.27. The molecular formula is C14H11NO. The number of fused-ring (bicyclic) bond motifs is 3. The summed E-state index contributed by atoms with van der Waals surface area (Å²) in [4.78, 5) is 16.2. The van der Waals surface area contributed by atoms with Gasteiger partial charge < -0.3 is 0 Å². The number of nitrogens with zero attached hydrogens (tertiary/aromatic N) is 1. The highest BCUT2D eigenvalue weighted by Gasteiger charge is 2.15. The van der Waals surface area contributed by atoms with E-state index < -0.39 is 0 Å². The average Bonchev–Trinajstić information content (AvgIpc) is 2.28. The Hall–Kier alpha value is -1.96. The van der Waals surface area contributed by atoms with Gasteiger partial charge in [-0.2, -0.15) is 0 Å². The Morgan fingerprint density at radius 1 is 1.19 bits per heavy atom. The second-order valence-electron chi connectivity index (χ2n) is 4.08. The molecule has 78 valence electrons. The molecular weight excluding hydrogens is 198 g/mol. The summed E-state index contributed by atoms with van der Waals surface area (Å²) in [6, 6.07) is 7.84. The lowest BCUT2D eigenvalue weighted by atomic mass is 9.93. The topological polar surface area (TPSA) is 30.0 Å². The number of rotatable bonds is 0. The van der Waals surface area contributed by atoms with E-state index in [1.54, 1.807) is 0 Å². The van der Waals surface area contributed by atoms with Crippen LogP contribution in [0, 0.1) is 6.92 Å². The van der Waals surface area contributed by atoms with Crippen LogP contribution in [0.5, 0.6) is 0 Å². The number of carbonyl (C=O) groups excluding carboxylic acids is 1. The van der Waals surface area contributed by atoms with Gasteiger partial charge in [-0.1, -0.05) is 18.2 Å². The van der Waals surface area contributed by atoms with Crippen molar-refractivity contribution in [3.8, 4) is 0 Å². The smallest absolute Gasteiger partial charge is 0.167 e. The summed E-state index contributed by atoms with van der Waals surface area (Å²) in [5.74, 6) is 0.194. The van der Waals surface area contributed by atoms with Crippen LogP contribution in [0.25, 0.3) is 17.0 Å². The maximum absolute atomic E-state index is 11.7. The number of pyridine rings is 1. The number of hydrogen-bond acceptors (Lipinski definition) is 2. The maximum Gasteiger partial charge on any atom is 0.167 e. The van der Waals surface area contributed by atoms with E-state index in [0.717, 1.165) is 27.7 Å². The molecule has 1 aliphatic rings. The summed E-state index contributed by atoms with van der Waals surface area (Å²) >= 11 is 0. The Balaban J connectivity index is 2.41. The zero-order valence-corrected chi connectivity index (χ0v) is 9.03. The number of allylic oxidation sites excluding steroid dienone is 1. The van der Waals surface area contributed by atoms with Crippen LogP contribution in [-0.2, 0) is 0 Å². The first kappa shape index (κ1) is 9.28. The van der Waals surface area contributed by atoms with Crippen molar-refractivity contribution in [2.75, 3.05) is 0 Å². The highest BCUT2D eigenvalue weighted by Crippen LogP contribution is 2.27. The van der Waals surface area contributed by atoms with Crippen molar-refractivity contribution in [1.29, 1.82) is 0 Å². The molecule has 3 rings (SSSR count). The van der Waals surface area contributed by atoms with E-state index >= 15 is 0 Å². The van der Waals surface area contributed by atoms with Crippen molar-refractivity contribution in [3.63, 3.8) is 0 Å². The molecule has 0 radical (unpaired) electrons. The Morgan fingerprint density at radius 3 is 2.94 bits per heavy atom. The van der Waals surface area contributed by atoms with Gasteiger partial charge in [0.05, 0.1) is 5.52 Å². The summed E-state index contributed by atoms with van der Waals surface area (Å²) in [6.07, 6.45) is 4.46. The minimum atomic E-state index is 0.194. The molecule has 0 amide bonds. The third kappa shape index (κ3) is 1.27. The predicted molar refractivity (Wildman–Crippen MR) is 64.5 cm³/mol. The normalized spacial score (nSPS) is 14.2. The summed E-state index contributed by atoms with van der Waals surface area (Å²) in [6.45, 7) is 1.97. The molecule has 0 spiro atoms. The standard InChI is InChI=1S/C14H11NO/c1-9-5-6-11-10-3-2-4-14(16)12(10)7-8-13(11)15-9/h2-3,5-8H,4H2,1H3. The molecule has 0 unspecified atom stereocenters. The third-order valence-electron chi connectivity index (χ3n) is 2.94. The van der Waals surface area contributed by atoms with Crippen LogP contribution in [0.3, 0.4) is 0 Å². The predicted octanol–water partition coefficient (Wildman–Crippen LogP) is 3.14. The van der Waals surface area contributed by atoms with Crippen molar-refractivity contribution in [1.82, 2.24) is 4.98 Å². The lowest BCUT2D eigenvalue weighted by molar-refractivity contribution is 0.0994. The van der Waals surface area contributed by atoms with E-state index in [0.29, 0.717) is 6.42 Å². The maximum atomic E-state index is 11.7. The summed E-state index contributed by atoms with van der Waals surface area (Å²) in [7, 11) is 0. The fourth-order valence-corrected chi connectivity index (χ4v) is 2.15. The van der Waals surface area contributed by atoms with Gasteiger partial charge in [-0.3, -0.25) is 9.78 Å². The molecule has 2 aromatic rings. The lowest BCUT2D eigenvalue weighted by Crippen LogP contribution is -2.04. The molecule has 2 heteroatoms. The molecule has 1 heterocycles. The molecule has 1 aromatic heterocycles. The van der Waals surface area contributed by atoms with Gasteiger partial charge in [0, 0.05) is 23.1 Å². The average molecular weight is 209 g/mol. The van der Waals surface area contributed by atoms with E-state index in [2.05, 4.69) is 4.98 Å². The van der Waals surface area contributed by atoms with Crippen molar-refractivity contribution < 1.29 is 4.79 Å². The van der Waals surface area contributed by atoms with Crippen LogP contribution in [0.2, 0.25) is 0 Å². The van der Waals surface area contributed by atoms with Crippen molar-refractivity contribution in [2.45, 2.75) is 13.3 Å². The highest BCUT2D eigenvalue weighted by atomic mass is 16.1. The number of aromatic nitrogens is 1. The number of hydrogen-bond donors (Lipinski definition) is 0. The van der Waals surface area contributed by atoms with E-state index in [1.165, 1.54) is 0 Å². The molecule has 0 bridgehead atoms. The van der Waals surface area contributed by atoms with E-state index in [-0.39, 0.29) is 5.78 Å². The zero-order valence-electron chi connectivity index (χ0n) is 9.03. The number of carbonyl (C=O) groups is 1.